The summed E-state index contributed by atoms with van der Waals surface area (Å²) < 4.78 is 7.93. The standard InChI is InChI=1S/C17H24N2O/c1-6-13-11-14(19(5)18-13)12-20-16-10-8-7-9-15(16)17(2,3)4/h7-11H,6,12H2,1-5H3. The van der Waals surface area contributed by atoms with E-state index in [1.165, 1.54) is 5.56 Å². The van der Waals surface area contributed by atoms with Crippen molar-refractivity contribution >= 4 is 0 Å². The van der Waals surface area contributed by atoms with Crippen molar-refractivity contribution in [2.75, 3.05) is 0 Å². The van der Waals surface area contributed by atoms with Gasteiger partial charge < -0.3 is 4.74 Å². The van der Waals surface area contributed by atoms with Crippen LogP contribution in [0.3, 0.4) is 0 Å². The Hall–Kier alpha value is -1.77. The van der Waals surface area contributed by atoms with Crippen LogP contribution in [0, 0.1) is 0 Å². The van der Waals surface area contributed by atoms with E-state index in [0.29, 0.717) is 6.61 Å². The molecule has 0 fully saturated rings. The van der Waals surface area contributed by atoms with Gasteiger partial charge in [-0.05, 0) is 29.5 Å². The highest BCUT2D eigenvalue weighted by atomic mass is 16.5. The second kappa shape index (κ2) is 5.70. The van der Waals surface area contributed by atoms with Crippen LogP contribution in [0.15, 0.2) is 30.3 Å². The van der Waals surface area contributed by atoms with Crippen LogP contribution >= 0.6 is 0 Å². The Bertz CT molecular complexity index is 579. The van der Waals surface area contributed by atoms with E-state index >= 15 is 0 Å². The van der Waals surface area contributed by atoms with Gasteiger partial charge in [-0.2, -0.15) is 5.10 Å². The van der Waals surface area contributed by atoms with E-state index in [2.05, 4.69) is 51.0 Å². The van der Waals surface area contributed by atoms with Gasteiger partial charge in [-0.15, -0.1) is 0 Å². The van der Waals surface area contributed by atoms with E-state index in [-0.39, 0.29) is 5.41 Å². The Balaban J connectivity index is 2.17. The zero-order chi connectivity index (χ0) is 14.8. The van der Waals surface area contributed by atoms with Gasteiger partial charge in [0.25, 0.3) is 0 Å². The zero-order valence-electron chi connectivity index (χ0n) is 13.1. The smallest absolute Gasteiger partial charge is 0.130 e. The molecule has 1 heterocycles. The van der Waals surface area contributed by atoms with Crippen LogP contribution in [0.25, 0.3) is 0 Å². The highest BCUT2D eigenvalue weighted by Gasteiger charge is 2.18. The molecule has 3 heteroatoms. The van der Waals surface area contributed by atoms with Gasteiger partial charge in [-0.1, -0.05) is 45.9 Å². The fourth-order valence-corrected chi connectivity index (χ4v) is 2.24. The first-order valence-electron chi connectivity index (χ1n) is 7.16. The normalized spacial score (nSPS) is 11.7. The number of aryl methyl sites for hydroxylation is 2. The van der Waals surface area contributed by atoms with E-state index in [1.54, 1.807) is 0 Å². The molecule has 0 radical (unpaired) electrons. The van der Waals surface area contributed by atoms with Crippen LogP contribution < -0.4 is 4.74 Å². The Morgan fingerprint density at radius 2 is 1.90 bits per heavy atom. The van der Waals surface area contributed by atoms with Crippen LogP contribution in [-0.2, 0) is 25.5 Å². The van der Waals surface area contributed by atoms with E-state index in [9.17, 15) is 0 Å². The molecular formula is C17H24N2O. The molecule has 0 N–H and O–H groups in total. The van der Waals surface area contributed by atoms with Crippen LogP contribution in [-0.4, -0.2) is 9.78 Å². The van der Waals surface area contributed by atoms with E-state index in [4.69, 9.17) is 4.74 Å². The molecule has 2 rings (SSSR count). The van der Waals surface area contributed by atoms with Gasteiger partial charge in [-0.25, -0.2) is 0 Å². The van der Waals surface area contributed by atoms with Crippen LogP contribution in [0.1, 0.15) is 44.6 Å². The van der Waals surface area contributed by atoms with Crippen molar-refractivity contribution in [3.05, 3.63) is 47.3 Å². The lowest BCUT2D eigenvalue weighted by Gasteiger charge is -2.22. The Labute approximate surface area is 121 Å². The van der Waals surface area contributed by atoms with Crippen molar-refractivity contribution in [2.24, 2.45) is 7.05 Å². The van der Waals surface area contributed by atoms with Gasteiger partial charge >= 0.3 is 0 Å². The number of hydrogen-bond acceptors (Lipinski definition) is 2. The molecule has 0 unspecified atom stereocenters. The summed E-state index contributed by atoms with van der Waals surface area (Å²) in [4.78, 5) is 0. The Kier molecular flexibility index (Phi) is 4.17. The molecule has 108 valence electrons. The molecule has 1 aromatic heterocycles. The lowest BCUT2D eigenvalue weighted by molar-refractivity contribution is 0.287. The molecule has 0 saturated heterocycles. The van der Waals surface area contributed by atoms with Gasteiger partial charge in [0.1, 0.15) is 12.4 Å². The third kappa shape index (κ3) is 3.21. The molecule has 1 aromatic carbocycles. The molecule has 2 aromatic rings. The second-order valence-electron chi connectivity index (χ2n) is 6.14. The van der Waals surface area contributed by atoms with E-state index in [0.717, 1.165) is 23.6 Å². The first-order chi connectivity index (χ1) is 9.41. The lowest BCUT2D eigenvalue weighted by Crippen LogP contribution is -2.13. The average Bonchev–Trinajstić information content (AvgIpc) is 2.76. The fourth-order valence-electron chi connectivity index (χ4n) is 2.24. The Morgan fingerprint density at radius 1 is 1.20 bits per heavy atom. The summed E-state index contributed by atoms with van der Waals surface area (Å²) in [6, 6.07) is 10.4. The number of rotatable bonds is 4. The maximum Gasteiger partial charge on any atom is 0.130 e. The van der Waals surface area contributed by atoms with Gasteiger partial charge in [0, 0.05) is 7.05 Å². The maximum absolute atomic E-state index is 6.03. The summed E-state index contributed by atoms with van der Waals surface area (Å²) in [6.07, 6.45) is 0.951. The lowest BCUT2D eigenvalue weighted by atomic mass is 9.86. The summed E-state index contributed by atoms with van der Waals surface area (Å²) in [6.45, 7) is 9.27. The summed E-state index contributed by atoms with van der Waals surface area (Å²) in [7, 11) is 1.97. The molecule has 0 saturated carbocycles. The minimum Gasteiger partial charge on any atom is -0.487 e. The molecule has 0 aliphatic rings. The molecule has 0 amide bonds. The molecule has 0 atom stereocenters. The molecular weight excluding hydrogens is 248 g/mol. The van der Waals surface area contributed by atoms with Gasteiger partial charge in [-0.3, -0.25) is 4.68 Å². The molecule has 20 heavy (non-hydrogen) atoms. The minimum absolute atomic E-state index is 0.0810. The predicted molar refractivity (Wildman–Crippen MR) is 82.1 cm³/mol. The number of para-hydroxylation sites is 1. The fraction of sp³-hybridized carbons (Fsp3) is 0.471. The molecule has 0 aliphatic carbocycles. The van der Waals surface area contributed by atoms with Crippen molar-refractivity contribution in [2.45, 2.75) is 46.1 Å². The SMILES string of the molecule is CCc1cc(COc2ccccc2C(C)(C)C)n(C)n1. The number of nitrogens with zero attached hydrogens (tertiary/aromatic N) is 2. The van der Waals surface area contributed by atoms with Crippen LogP contribution in [0.2, 0.25) is 0 Å². The van der Waals surface area contributed by atoms with E-state index in [1.807, 2.05) is 23.9 Å². The first kappa shape index (κ1) is 14.6. The predicted octanol–water partition coefficient (Wildman–Crippen LogP) is 3.86. The summed E-state index contributed by atoms with van der Waals surface area (Å²) >= 11 is 0. The average molecular weight is 272 g/mol. The molecule has 3 nitrogen and oxygen atoms in total. The highest BCUT2D eigenvalue weighted by Crippen LogP contribution is 2.31. The van der Waals surface area contributed by atoms with Gasteiger partial charge in [0.05, 0.1) is 11.4 Å². The maximum atomic E-state index is 6.03. The quantitative estimate of drug-likeness (QED) is 0.845. The van der Waals surface area contributed by atoms with Gasteiger partial charge in [0.15, 0.2) is 0 Å². The number of benzene rings is 1. The molecule has 0 spiro atoms. The van der Waals surface area contributed by atoms with Gasteiger partial charge in [0.2, 0.25) is 0 Å². The van der Waals surface area contributed by atoms with Crippen molar-refractivity contribution in [1.82, 2.24) is 9.78 Å². The third-order valence-electron chi connectivity index (χ3n) is 3.46. The zero-order valence-corrected chi connectivity index (χ0v) is 13.1. The third-order valence-corrected chi connectivity index (χ3v) is 3.46. The molecule has 0 bridgehead atoms. The Morgan fingerprint density at radius 3 is 2.50 bits per heavy atom. The largest absolute Gasteiger partial charge is 0.487 e. The van der Waals surface area contributed by atoms with Crippen molar-refractivity contribution in [1.29, 1.82) is 0 Å². The van der Waals surface area contributed by atoms with Crippen molar-refractivity contribution < 1.29 is 4.74 Å². The first-order valence-corrected chi connectivity index (χ1v) is 7.16. The topological polar surface area (TPSA) is 27.1 Å². The number of aromatic nitrogens is 2. The summed E-state index contributed by atoms with van der Waals surface area (Å²) in [5.41, 5.74) is 3.52. The number of ether oxygens (including phenoxy) is 1. The van der Waals surface area contributed by atoms with Crippen LogP contribution in [0.4, 0.5) is 0 Å². The van der Waals surface area contributed by atoms with Crippen molar-refractivity contribution in [3.8, 4) is 5.75 Å². The molecule has 0 aliphatic heterocycles. The highest BCUT2D eigenvalue weighted by molar-refractivity contribution is 5.38. The minimum atomic E-state index is 0.0810. The van der Waals surface area contributed by atoms with E-state index < -0.39 is 0 Å². The second-order valence-corrected chi connectivity index (χ2v) is 6.14. The number of hydrogen-bond donors (Lipinski definition) is 0. The summed E-state index contributed by atoms with van der Waals surface area (Å²) in [5, 5.41) is 4.45. The summed E-state index contributed by atoms with van der Waals surface area (Å²) in [5.74, 6) is 0.958. The van der Waals surface area contributed by atoms with Crippen LogP contribution in [0.5, 0.6) is 5.75 Å². The van der Waals surface area contributed by atoms with Crippen molar-refractivity contribution in [3.63, 3.8) is 0 Å². The monoisotopic (exact) mass is 272 g/mol.